The number of aromatic nitrogens is 2. The van der Waals surface area contributed by atoms with E-state index in [1.807, 2.05) is 20.8 Å². The summed E-state index contributed by atoms with van der Waals surface area (Å²) in [7, 11) is 3.50. The van der Waals surface area contributed by atoms with Crippen molar-refractivity contribution in [2.24, 2.45) is 7.05 Å². The van der Waals surface area contributed by atoms with Crippen LogP contribution in [0.3, 0.4) is 0 Å². The van der Waals surface area contributed by atoms with Crippen LogP contribution < -0.4 is 0 Å². The van der Waals surface area contributed by atoms with Crippen molar-refractivity contribution in [1.82, 2.24) is 14.7 Å². The number of carbonyl (C=O) groups is 1. The molecule has 0 radical (unpaired) electrons. The van der Waals surface area contributed by atoms with Gasteiger partial charge in [0.1, 0.15) is 0 Å². The van der Waals surface area contributed by atoms with Gasteiger partial charge in [0.05, 0.1) is 23.4 Å². The third kappa shape index (κ3) is 2.66. The number of aliphatic hydroxyl groups excluding tert-OH is 1. The third-order valence-electron chi connectivity index (χ3n) is 3.07. The molecule has 0 aliphatic carbocycles. The van der Waals surface area contributed by atoms with Crippen LogP contribution in [-0.4, -0.2) is 44.9 Å². The molecule has 0 aliphatic rings. The fraction of sp³-hybridized carbons (Fsp3) is 0.667. The number of hydrogen-bond donors (Lipinski definition) is 1. The zero-order chi connectivity index (χ0) is 13.2. The number of nitrogens with zero attached hydrogens (tertiary/aromatic N) is 3. The Hall–Kier alpha value is -1.36. The van der Waals surface area contributed by atoms with Gasteiger partial charge in [0, 0.05) is 20.3 Å². The van der Waals surface area contributed by atoms with Crippen molar-refractivity contribution in [2.75, 3.05) is 13.7 Å². The molecule has 0 aromatic carbocycles. The molecule has 1 aromatic rings. The van der Waals surface area contributed by atoms with E-state index >= 15 is 0 Å². The van der Waals surface area contributed by atoms with E-state index in [0.717, 1.165) is 12.1 Å². The van der Waals surface area contributed by atoms with Crippen LogP contribution in [0.15, 0.2) is 6.20 Å². The molecule has 5 heteroatoms. The first-order valence-corrected chi connectivity index (χ1v) is 5.75. The van der Waals surface area contributed by atoms with Crippen molar-refractivity contribution in [3.8, 4) is 0 Å². The Labute approximate surface area is 102 Å². The minimum Gasteiger partial charge on any atom is -0.394 e. The van der Waals surface area contributed by atoms with E-state index < -0.39 is 5.54 Å². The summed E-state index contributed by atoms with van der Waals surface area (Å²) in [5, 5.41) is 13.5. The van der Waals surface area contributed by atoms with Gasteiger partial charge in [-0.3, -0.25) is 9.48 Å². The van der Waals surface area contributed by atoms with E-state index in [1.165, 1.54) is 0 Å². The van der Waals surface area contributed by atoms with Gasteiger partial charge in [-0.25, -0.2) is 0 Å². The summed E-state index contributed by atoms with van der Waals surface area (Å²) in [5.41, 5.74) is 0.829. The van der Waals surface area contributed by atoms with Crippen molar-refractivity contribution in [2.45, 2.75) is 32.7 Å². The Morgan fingerprint density at radius 1 is 1.59 bits per heavy atom. The van der Waals surface area contributed by atoms with Gasteiger partial charge in [0.2, 0.25) is 0 Å². The van der Waals surface area contributed by atoms with Crippen molar-refractivity contribution in [3.63, 3.8) is 0 Å². The lowest BCUT2D eigenvalue weighted by Gasteiger charge is -2.33. The maximum atomic E-state index is 12.3. The Balaban J connectivity index is 3.04. The van der Waals surface area contributed by atoms with Crippen LogP contribution in [0.5, 0.6) is 0 Å². The lowest BCUT2D eigenvalue weighted by Crippen LogP contribution is -2.47. The predicted molar refractivity (Wildman–Crippen MR) is 65.8 cm³/mol. The van der Waals surface area contributed by atoms with Crippen molar-refractivity contribution in [1.29, 1.82) is 0 Å². The minimum absolute atomic E-state index is 0.0725. The normalized spacial score (nSPS) is 11.6. The summed E-state index contributed by atoms with van der Waals surface area (Å²) >= 11 is 0. The van der Waals surface area contributed by atoms with Gasteiger partial charge in [-0.1, -0.05) is 6.92 Å². The van der Waals surface area contributed by atoms with Crippen LogP contribution in [-0.2, 0) is 13.5 Å². The van der Waals surface area contributed by atoms with Gasteiger partial charge < -0.3 is 10.0 Å². The first kappa shape index (κ1) is 13.7. The summed E-state index contributed by atoms with van der Waals surface area (Å²) in [6, 6.07) is 0. The fourth-order valence-electron chi connectivity index (χ4n) is 1.54. The van der Waals surface area contributed by atoms with E-state index in [0.29, 0.717) is 5.56 Å². The zero-order valence-electron chi connectivity index (χ0n) is 11.2. The molecule has 96 valence electrons. The highest BCUT2D eigenvalue weighted by Crippen LogP contribution is 2.17. The lowest BCUT2D eigenvalue weighted by molar-refractivity contribution is 0.0472. The second-order valence-corrected chi connectivity index (χ2v) is 4.85. The number of carbonyl (C=O) groups excluding carboxylic acids is 1. The molecule has 1 aromatic heterocycles. The summed E-state index contributed by atoms with van der Waals surface area (Å²) in [4.78, 5) is 13.9. The number of rotatable bonds is 4. The first-order valence-electron chi connectivity index (χ1n) is 5.75. The van der Waals surface area contributed by atoms with Crippen molar-refractivity contribution in [3.05, 3.63) is 17.5 Å². The molecular formula is C12H21N3O2. The Bertz CT molecular complexity index is 410. The maximum Gasteiger partial charge on any atom is 0.257 e. The molecule has 17 heavy (non-hydrogen) atoms. The molecule has 0 aliphatic heterocycles. The quantitative estimate of drug-likeness (QED) is 0.846. The highest BCUT2D eigenvalue weighted by molar-refractivity contribution is 5.95. The summed E-state index contributed by atoms with van der Waals surface area (Å²) in [6.45, 7) is 5.55. The van der Waals surface area contributed by atoms with Gasteiger partial charge in [-0.15, -0.1) is 0 Å². The van der Waals surface area contributed by atoms with Gasteiger partial charge in [-0.05, 0) is 20.3 Å². The zero-order valence-corrected chi connectivity index (χ0v) is 11.2. The van der Waals surface area contributed by atoms with Crippen molar-refractivity contribution < 1.29 is 9.90 Å². The Morgan fingerprint density at radius 2 is 2.18 bits per heavy atom. The minimum atomic E-state index is -0.571. The average molecular weight is 239 g/mol. The molecule has 0 unspecified atom stereocenters. The standard InChI is InChI=1S/C12H21N3O2/c1-6-10-9(7-14(4)13-10)11(17)15(5)12(2,3)8-16/h7,16H,6,8H2,1-5H3. The van der Waals surface area contributed by atoms with Crippen LogP contribution >= 0.6 is 0 Å². The van der Waals surface area contributed by atoms with E-state index in [9.17, 15) is 9.90 Å². The number of likely N-dealkylation sites (N-methyl/N-ethyl adjacent to an activating group) is 1. The third-order valence-corrected chi connectivity index (χ3v) is 3.07. The lowest BCUT2D eigenvalue weighted by atomic mass is 10.0. The van der Waals surface area contributed by atoms with E-state index in [2.05, 4.69) is 5.10 Å². The Kier molecular flexibility index (Phi) is 3.93. The highest BCUT2D eigenvalue weighted by atomic mass is 16.3. The molecule has 0 saturated heterocycles. The molecule has 1 rings (SSSR count). The monoisotopic (exact) mass is 239 g/mol. The van der Waals surface area contributed by atoms with Crippen LogP contribution in [0.4, 0.5) is 0 Å². The van der Waals surface area contributed by atoms with Crippen LogP contribution in [0.2, 0.25) is 0 Å². The first-order chi connectivity index (χ1) is 7.83. The number of aryl methyl sites for hydroxylation is 2. The molecular weight excluding hydrogens is 218 g/mol. The molecule has 1 N–H and O–H groups in total. The molecule has 5 nitrogen and oxygen atoms in total. The largest absolute Gasteiger partial charge is 0.394 e. The molecule has 0 fully saturated rings. The van der Waals surface area contributed by atoms with Gasteiger partial charge in [0.25, 0.3) is 5.91 Å². The summed E-state index contributed by atoms with van der Waals surface area (Å²) < 4.78 is 1.64. The molecule has 1 heterocycles. The second-order valence-electron chi connectivity index (χ2n) is 4.85. The molecule has 0 saturated carbocycles. The Morgan fingerprint density at radius 3 is 2.65 bits per heavy atom. The van der Waals surface area contributed by atoms with Crippen LogP contribution in [0, 0.1) is 0 Å². The predicted octanol–water partition coefficient (Wildman–Crippen LogP) is 0.825. The van der Waals surface area contributed by atoms with E-state index in [1.54, 1.807) is 29.9 Å². The number of hydrogen-bond acceptors (Lipinski definition) is 3. The molecule has 0 spiro atoms. The highest BCUT2D eigenvalue weighted by Gasteiger charge is 2.29. The van der Waals surface area contributed by atoms with Gasteiger partial charge >= 0.3 is 0 Å². The smallest absolute Gasteiger partial charge is 0.257 e. The topological polar surface area (TPSA) is 58.4 Å². The molecule has 0 atom stereocenters. The second kappa shape index (κ2) is 4.87. The van der Waals surface area contributed by atoms with Crippen LogP contribution in [0.1, 0.15) is 36.8 Å². The maximum absolute atomic E-state index is 12.3. The summed E-state index contributed by atoms with van der Waals surface area (Å²) in [5.74, 6) is -0.103. The SMILES string of the molecule is CCc1nn(C)cc1C(=O)N(C)C(C)(C)CO. The van der Waals surface area contributed by atoms with E-state index in [-0.39, 0.29) is 12.5 Å². The van der Waals surface area contributed by atoms with Gasteiger partial charge in [-0.2, -0.15) is 5.10 Å². The van der Waals surface area contributed by atoms with Crippen molar-refractivity contribution >= 4 is 5.91 Å². The summed E-state index contributed by atoms with van der Waals surface area (Å²) in [6.07, 6.45) is 2.44. The molecule has 0 bridgehead atoms. The number of amides is 1. The van der Waals surface area contributed by atoms with E-state index in [4.69, 9.17) is 0 Å². The average Bonchev–Trinajstić information content (AvgIpc) is 2.68. The van der Waals surface area contributed by atoms with Crippen LogP contribution in [0.25, 0.3) is 0 Å². The number of aliphatic hydroxyl groups is 1. The molecule has 1 amide bonds. The fourth-order valence-corrected chi connectivity index (χ4v) is 1.54. The van der Waals surface area contributed by atoms with Gasteiger partial charge in [0.15, 0.2) is 0 Å².